The van der Waals surface area contributed by atoms with E-state index in [9.17, 15) is 22.4 Å². The average molecular weight is 388 g/mol. The Hall–Kier alpha value is -3.00. The monoisotopic (exact) mass is 388 g/mol. The summed E-state index contributed by atoms with van der Waals surface area (Å²) in [7, 11) is -4.15. The second-order valence-electron chi connectivity index (χ2n) is 6.15. The maximum Gasteiger partial charge on any atom is 0.268 e. The Labute approximate surface area is 156 Å². The molecule has 0 spiro atoms. The van der Waals surface area contributed by atoms with Crippen molar-refractivity contribution in [2.45, 2.75) is 13.8 Å². The summed E-state index contributed by atoms with van der Waals surface area (Å²) in [5.74, 6) is -1.99. The van der Waals surface area contributed by atoms with Crippen LogP contribution in [0.5, 0.6) is 0 Å². The van der Waals surface area contributed by atoms with E-state index in [2.05, 4.69) is 5.32 Å². The van der Waals surface area contributed by atoms with Crippen molar-refractivity contribution in [2.24, 2.45) is 0 Å². The normalized spacial score (nSPS) is 16.0. The van der Waals surface area contributed by atoms with Crippen molar-refractivity contribution in [3.8, 4) is 0 Å². The van der Waals surface area contributed by atoms with Gasteiger partial charge in [0.05, 0.1) is 0 Å². The number of aryl methyl sites for hydroxylation is 1. The number of nitrogens with one attached hydrogen (secondary N) is 1. The summed E-state index contributed by atoms with van der Waals surface area (Å²) >= 11 is 0. The highest BCUT2D eigenvalue weighted by Gasteiger charge is 2.43. The van der Waals surface area contributed by atoms with E-state index < -0.39 is 34.2 Å². The Morgan fingerprint density at radius 2 is 1.78 bits per heavy atom. The predicted molar refractivity (Wildman–Crippen MR) is 99.4 cm³/mol. The molecule has 0 atom stereocenters. The molecule has 0 bridgehead atoms. The Morgan fingerprint density at radius 1 is 1.11 bits per heavy atom. The van der Waals surface area contributed by atoms with Crippen molar-refractivity contribution >= 4 is 32.4 Å². The molecule has 0 radical (unpaired) electrons. The zero-order valence-electron chi connectivity index (χ0n) is 14.7. The van der Waals surface area contributed by atoms with Gasteiger partial charge in [0, 0.05) is 11.3 Å². The number of benzene rings is 2. The van der Waals surface area contributed by atoms with Crippen LogP contribution < -0.4 is 5.32 Å². The van der Waals surface area contributed by atoms with Crippen LogP contribution in [0.25, 0.3) is 4.91 Å². The molecule has 2 amide bonds. The van der Waals surface area contributed by atoms with E-state index in [4.69, 9.17) is 0 Å². The van der Waals surface area contributed by atoms with Crippen LogP contribution in [-0.4, -0.2) is 31.1 Å². The number of carbonyl (C=O) groups is 2. The third-order valence-corrected chi connectivity index (χ3v) is 6.15. The number of anilines is 1. The van der Waals surface area contributed by atoms with Crippen molar-refractivity contribution in [2.75, 3.05) is 11.9 Å². The number of hydrogen-bond donors (Lipinski definition) is 1. The molecule has 0 fully saturated rings. The zero-order valence-corrected chi connectivity index (χ0v) is 15.5. The fourth-order valence-electron chi connectivity index (χ4n) is 2.81. The van der Waals surface area contributed by atoms with E-state index in [0.29, 0.717) is 15.4 Å². The third kappa shape index (κ3) is 3.48. The molecule has 0 saturated heterocycles. The molecule has 27 heavy (non-hydrogen) atoms. The number of hydrogen-bond acceptors (Lipinski definition) is 4. The highest BCUT2D eigenvalue weighted by molar-refractivity contribution is 7.99. The Kier molecular flexibility index (Phi) is 4.84. The average Bonchev–Trinajstić information content (AvgIpc) is 2.78. The summed E-state index contributed by atoms with van der Waals surface area (Å²) < 4.78 is 39.7. The Bertz CT molecular complexity index is 1060. The zero-order chi connectivity index (χ0) is 19.8. The molecule has 0 aromatic heterocycles. The maximum absolute atomic E-state index is 13.6. The molecule has 8 heteroatoms. The van der Waals surface area contributed by atoms with Crippen LogP contribution in [0.3, 0.4) is 0 Å². The van der Waals surface area contributed by atoms with Gasteiger partial charge in [-0.3, -0.25) is 9.59 Å². The van der Waals surface area contributed by atoms with E-state index in [1.807, 2.05) is 0 Å². The first-order valence-electron chi connectivity index (χ1n) is 8.11. The van der Waals surface area contributed by atoms with Gasteiger partial charge in [0.1, 0.15) is 17.3 Å². The number of rotatable bonds is 4. The minimum atomic E-state index is -4.15. The molecule has 2 aromatic rings. The highest BCUT2D eigenvalue weighted by Crippen LogP contribution is 2.35. The molecule has 6 nitrogen and oxygen atoms in total. The molecule has 1 N–H and O–H groups in total. The number of halogens is 1. The number of amides is 2. The Balaban J connectivity index is 1.83. The van der Waals surface area contributed by atoms with Gasteiger partial charge in [0.25, 0.3) is 15.9 Å². The van der Waals surface area contributed by atoms with Crippen molar-refractivity contribution in [1.29, 1.82) is 0 Å². The molecule has 0 aliphatic carbocycles. The fourth-order valence-corrected chi connectivity index (χ4v) is 4.58. The van der Waals surface area contributed by atoms with Gasteiger partial charge in [-0.2, -0.15) is 0 Å². The summed E-state index contributed by atoms with van der Waals surface area (Å²) in [4.78, 5) is 24.6. The molecule has 140 valence electrons. The largest absolute Gasteiger partial charge is 0.324 e. The van der Waals surface area contributed by atoms with Gasteiger partial charge in [0.2, 0.25) is 5.91 Å². The van der Waals surface area contributed by atoms with Crippen molar-refractivity contribution in [3.05, 3.63) is 71.0 Å². The van der Waals surface area contributed by atoms with Crippen LogP contribution in [0.1, 0.15) is 18.1 Å². The summed E-state index contributed by atoms with van der Waals surface area (Å²) in [5, 5.41) is 2.41. The van der Waals surface area contributed by atoms with E-state index in [-0.39, 0.29) is 16.2 Å². The lowest BCUT2D eigenvalue weighted by molar-refractivity contribution is -0.126. The lowest BCUT2D eigenvalue weighted by Gasteiger charge is -2.16. The van der Waals surface area contributed by atoms with Gasteiger partial charge in [-0.15, -0.1) is 0 Å². The van der Waals surface area contributed by atoms with Crippen LogP contribution in [0.4, 0.5) is 10.1 Å². The first-order chi connectivity index (χ1) is 12.7. The lowest BCUT2D eigenvalue weighted by atomic mass is 10.1. The van der Waals surface area contributed by atoms with Gasteiger partial charge >= 0.3 is 0 Å². The third-order valence-electron chi connectivity index (χ3n) is 4.21. The van der Waals surface area contributed by atoms with Crippen molar-refractivity contribution in [3.63, 3.8) is 0 Å². The summed E-state index contributed by atoms with van der Waals surface area (Å²) in [5.41, 5.74) is 1.03. The molecule has 1 aliphatic rings. The van der Waals surface area contributed by atoms with E-state index in [1.54, 1.807) is 37.3 Å². The number of nitrogens with zero attached hydrogens (tertiary/aromatic N) is 1. The minimum Gasteiger partial charge on any atom is -0.324 e. The molecule has 0 saturated carbocycles. The molecule has 3 rings (SSSR count). The van der Waals surface area contributed by atoms with Gasteiger partial charge in [-0.25, -0.2) is 17.1 Å². The SMILES string of the molecule is CC1=C(c2ccccc2)S(=O)(=O)N(CC(=O)Nc2ccc(C)c(F)c2)C1=O. The van der Waals surface area contributed by atoms with Crippen molar-refractivity contribution in [1.82, 2.24) is 4.31 Å². The van der Waals surface area contributed by atoms with Crippen LogP contribution in [-0.2, 0) is 19.6 Å². The number of sulfonamides is 1. The first-order valence-corrected chi connectivity index (χ1v) is 9.55. The lowest BCUT2D eigenvalue weighted by Crippen LogP contribution is -2.38. The number of carbonyl (C=O) groups excluding carboxylic acids is 2. The second kappa shape index (κ2) is 6.96. The molecule has 0 unspecified atom stereocenters. The van der Waals surface area contributed by atoms with Gasteiger partial charge in [-0.1, -0.05) is 36.4 Å². The predicted octanol–water partition coefficient (Wildman–Crippen LogP) is 2.68. The minimum absolute atomic E-state index is 0.0513. The quantitative estimate of drug-likeness (QED) is 0.873. The van der Waals surface area contributed by atoms with E-state index in [1.165, 1.54) is 19.1 Å². The summed E-state index contributed by atoms with van der Waals surface area (Å²) in [6.45, 7) is 2.30. The van der Waals surface area contributed by atoms with Gasteiger partial charge in [-0.05, 0) is 37.1 Å². The van der Waals surface area contributed by atoms with E-state index >= 15 is 0 Å². The maximum atomic E-state index is 13.6. The first kappa shape index (κ1) is 18.8. The van der Waals surface area contributed by atoms with Gasteiger partial charge in [0.15, 0.2) is 0 Å². The van der Waals surface area contributed by atoms with Crippen LogP contribution in [0, 0.1) is 12.7 Å². The van der Waals surface area contributed by atoms with E-state index in [0.717, 1.165) is 6.07 Å². The van der Waals surface area contributed by atoms with Crippen LogP contribution in [0.15, 0.2) is 54.1 Å². The summed E-state index contributed by atoms with van der Waals surface area (Å²) in [6, 6.07) is 12.3. The smallest absolute Gasteiger partial charge is 0.268 e. The van der Waals surface area contributed by atoms with Crippen LogP contribution in [0.2, 0.25) is 0 Å². The summed E-state index contributed by atoms with van der Waals surface area (Å²) in [6.07, 6.45) is 0. The highest BCUT2D eigenvalue weighted by atomic mass is 32.2. The second-order valence-corrected chi connectivity index (χ2v) is 7.95. The van der Waals surface area contributed by atoms with Gasteiger partial charge < -0.3 is 5.32 Å². The Morgan fingerprint density at radius 3 is 2.41 bits per heavy atom. The molecular weight excluding hydrogens is 371 g/mol. The standard InChI is InChI=1S/C19H17FN2O4S/c1-12-8-9-15(10-16(12)20)21-17(23)11-22-19(24)13(2)18(27(22,25)26)14-6-4-3-5-7-14/h3-10H,11H2,1-2H3,(H,21,23). The molecule has 1 heterocycles. The molecule has 1 aliphatic heterocycles. The molecular formula is C19H17FN2O4S. The van der Waals surface area contributed by atoms with Crippen molar-refractivity contribution < 1.29 is 22.4 Å². The topological polar surface area (TPSA) is 83.6 Å². The van der Waals surface area contributed by atoms with Crippen LogP contribution >= 0.6 is 0 Å². The fraction of sp³-hybridized carbons (Fsp3) is 0.158. The molecule has 2 aromatic carbocycles.